The molecule has 2 aromatic carbocycles. The molecule has 7 heteroatoms. The van der Waals surface area contributed by atoms with Crippen molar-refractivity contribution < 1.29 is 17.9 Å². The summed E-state index contributed by atoms with van der Waals surface area (Å²) in [7, 11) is 1.42. The second kappa shape index (κ2) is 5.88. The van der Waals surface area contributed by atoms with Gasteiger partial charge < -0.3 is 9.30 Å². The predicted molar refractivity (Wildman–Crippen MR) is 84.5 cm³/mol. The maximum Gasteiger partial charge on any atom is 0.449 e. The lowest BCUT2D eigenvalue weighted by Gasteiger charge is -2.13. The Kier molecular flexibility index (Phi) is 4.06. The Bertz CT molecular complexity index is 844. The zero-order chi connectivity index (χ0) is 16.6. The highest BCUT2D eigenvalue weighted by atomic mass is 79.9. The third-order valence-electron chi connectivity index (χ3n) is 3.46. The molecular formula is C16H12BrF3N2O. The van der Waals surface area contributed by atoms with Crippen molar-refractivity contribution in [3.05, 3.63) is 58.3 Å². The monoisotopic (exact) mass is 384 g/mol. The van der Waals surface area contributed by atoms with E-state index in [0.717, 1.165) is 10.1 Å². The van der Waals surface area contributed by atoms with Gasteiger partial charge in [-0.05, 0) is 33.6 Å². The summed E-state index contributed by atoms with van der Waals surface area (Å²) < 4.78 is 47.2. The molecule has 0 saturated heterocycles. The van der Waals surface area contributed by atoms with E-state index in [1.807, 2.05) is 6.07 Å². The molecule has 3 rings (SSSR count). The van der Waals surface area contributed by atoms with Gasteiger partial charge >= 0.3 is 6.18 Å². The van der Waals surface area contributed by atoms with Crippen molar-refractivity contribution in [2.45, 2.75) is 12.7 Å². The largest absolute Gasteiger partial charge is 0.493 e. The van der Waals surface area contributed by atoms with Gasteiger partial charge in [-0.25, -0.2) is 4.98 Å². The molecule has 120 valence electrons. The van der Waals surface area contributed by atoms with Gasteiger partial charge in [-0.1, -0.05) is 30.3 Å². The number of alkyl halides is 3. The van der Waals surface area contributed by atoms with Crippen molar-refractivity contribution in [1.29, 1.82) is 0 Å². The van der Waals surface area contributed by atoms with Crippen LogP contribution in [0.15, 0.2) is 46.9 Å². The number of hydrogen-bond donors (Lipinski definition) is 0. The normalized spacial score (nSPS) is 11.9. The van der Waals surface area contributed by atoms with E-state index < -0.39 is 12.0 Å². The lowest BCUT2D eigenvalue weighted by molar-refractivity contribution is -0.146. The highest BCUT2D eigenvalue weighted by Crippen LogP contribution is 2.38. The molecule has 0 aliphatic rings. The van der Waals surface area contributed by atoms with E-state index >= 15 is 0 Å². The predicted octanol–water partition coefficient (Wildman–Crippen LogP) is 4.87. The second-order valence-corrected chi connectivity index (χ2v) is 5.81. The number of rotatable bonds is 3. The van der Waals surface area contributed by atoms with Crippen LogP contribution >= 0.6 is 15.9 Å². The third-order valence-corrected chi connectivity index (χ3v) is 4.08. The van der Waals surface area contributed by atoms with Gasteiger partial charge in [0, 0.05) is 6.54 Å². The van der Waals surface area contributed by atoms with E-state index in [1.165, 1.54) is 7.11 Å². The maximum atomic E-state index is 13.4. The standard InChI is InChI=1S/C16H12BrF3N2O/c1-23-14-11(17)7-8-12-13(14)22(15(21-12)16(18,19)20)9-10-5-3-2-4-6-10/h2-8H,9H2,1H3. The fourth-order valence-electron chi connectivity index (χ4n) is 2.50. The van der Waals surface area contributed by atoms with Gasteiger partial charge in [0.05, 0.1) is 17.1 Å². The molecule has 0 aliphatic heterocycles. The van der Waals surface area contributed by atoms with Gasteiger partial charge in [0.25, 0.3) is 0 Å². The maximum absolute atomic E-state index is 13.4. The molecule has 0 N–H and O–H groups in total. The van der Waals surface area contributed by atoms with E-state index in [0.29, 0.717) is 15.7 Å². The molecule has 23 heavy (non-hydrogen) atoms. The van der Waals surface area contributed by atoms with E-state index in [1.54, 1.807) is 36.4 Å². The molecule has 0 amide bonds. The highest BCUT2D eigenvalue weighted by molar-refractivity contribution is 9.10. The van der Waals surface area contributed by atoms with Crippen molar-refractivity contribution in [3.8, 4) is 5.75 Å². The first-order chi connectivity index (χ1) is 10.9. The van der Waals surface area contributed by atoms with Crippen molar-refractivity contribution >= 4 is 27.0 Å². The fourth-order valence-corrected chi connectivity index (χ4v) is 2.98. The molecule has 0 saturated carbocycles. The van der Waals surface area contributed by atoms with Crippen LogP contribution in [0.25, 0.3) is 11.0 Å². The van der Waals surface area contributed by atoms with Crippen LogP contribution in [-0.4, -0.2) is 16.7 Å². The van der Waals surface area contributed by atoms with E-state index in [-0.39, 0.29) is 12.1 Å². The average molecular weight is 385 g/mol. The Morgan fingerprint density at radius 2 is 1.83 bits per heavy atom. The number of methoxy groups -OCH3 is 1. The number of nitrogens with zero attached hydrogens (tertiary/aromatic N) is 2. The van der Waals surface area contributed by atoms with Crippen LogP contribution in [-0.2, 0) is 12.7 Å². The molecule has 0 aliphatic carbocycles. The smallest absolute Gasteiger partial charge is 0.449 e. The molecule has 0 bridgehead atoms. The molecule has 1 aromatic heterocycles. The van der Waals surface area contributed by atoms with Crippen LogP contribution in [0.2, 0.25) is 0 Å². The summed E-state index contributed by atoms with van der Waals surface area (Å²) in [5.74, 6) is -0.603. The van der Waals surface area contributed by atoms with Crippen LogP contribution in [0.4, 0.5) is 13.2 Å². The molecule has 3 nitrogen and oxygen atoms in total. The van der Waals surface area contributed by atoms with E-state index in [9.17, 15) is 13.2 Å². The van der Waals surface area contributed by atoms with Crippen LogP contribution in [0, 0.1) is 0 Å². The van der Waals surface area contributed by atoms with Gasteiger partial charge in [-0.2, -0.15) is 13.2 Å². The first-order valence-corrected chi connectivity index (χ1v) is 7.55. The van der Waals surface area contributed by atoms with Gasteiger partial charge in [-0.3, -0.25) is 0 Å². The first-order valence-electron chi connectivity index (χ1n) is 6.75. The number of imidazole rings is 1. The zero-order valence-corrected chi connectivity index (χ0v) is 13.6. The summed E-state index contributed by atoms with van der Waals surface area (Å²) >= 11 is 3.31. The number of benzene rings is 2. The van der Waals surface area contributed by atoms with E-state index in [2.05, 4.69) is 20.9 Å². The van der Waals surface area contributed by atoms with Crippen molar-refractivity contribution in [2.75, 3.05) is 7.11 Å². The number of ether oxygens (including phenoxy) is 1. The number of aromatic nitrogens is 2. The molecular weight excluding hydrogens is 373 g/mol. The second-order valence-electron chi connectivity index (χ2n) is 4.95. The third kappa shape index (κ3) is 2.93. The fraction of sp³-hybridized carbons (Fsp3) is 0.188. The topological polar surface area (TPSA) is 27.1 Å². The summed E-state index contributed by atoms with van der Waals surface area (Å²) in [4.78, 5) is 3.77. The van der Waals surface area contributed by atoms with Crippen LogP contribution in [0.1, 0.15) is 11.4 Å². The molecule has 0 unspecified atom stereocenters. The van der Waals surface area contributed by atoms with Crippen LogP contribution < -0.4 is 4.74 Å². The molecule has 0 spiro atoms. The Labute approximate surface area is 138 Å². The lowest BCUT2D eigenvalue weighted by atomic mass is 10.2. The summed E-state index contributed by atoms with van der Waals surface area (Å²) in [6.07, 6.45) is -4.55. The summed E-state index contributed by atoms with van der Waals surface area (Å²) in [6, 6.07) is 12.1. The van der Waals surface area contributed by atoms with E-state index in [4.69, 9.17) is 4.74 Å². The molecule has 0 radical (unpaired) electrons. The molecule has 3 aromatic rings. The Morgan fingerprint density at radius 1 is 1.13 bits per heavy atom. The molecule has 0 fully saturated rings. The minimum atomic E-state index is -4.55. The van der Waals surface area contributed by atoms with Crippen molar-refractivity contribution in [3.63, 3.8) is 0 Å². The minimum absolute atomic E-state index is 0.0546. The van der Waals surface area contributed by atoms with Gasteiger partial charge in [0.1, 0.15) is 5.52 Å². The molecule has 0 atom stereocenters. The number of fused-ring (bicyclic) bond motifs is 1. The van der Waals surface area contributed by atoms with Crippen LogP contribution in [0.3, 0.4) is 0 Å². The van der Waals surface area contributed by atoms with Gasteiger partial charge in [0.15, 0.2) is 5.75 Å². The zero-order valence-electron chi connectivity index (χ0n) is 12.1. The minimum Gasteiger partial charge on any atom is -0.493 e. The summed E-state index contributed by atoms with van der Waals surface area (Å²) in [5, 5.41) is 0. The number of halogens is 4. The first kappa shape index (κ1) is 15.9. The average Bonchev–Trinajstić information content (AvgIpc) is 2.87. The van der Waals surface area contributed by atoms with Crippen LogP contribution in [0.5, 0.6) is 5.75 Å². The Morgan fingerprint density at radius 3 is 2.43 bits per heavy atom. The lowest BCUT2D eigenvalue weighted by Crippen LogP contribution is -2.15. The summed E-state index contributed by atoms with van der Waals surface area (Å²) in [6.45, 7) is 0.0546. The highest BCUT2D eigenvalue weighted by Gasteiger charge is 2.38. The van der Waals surface area contributed by atoms with Gasteiger partial charge in [-0.15, -0.1) is 0 Å². The quantitative estimate of drug-likeness (QED) is 0.643. The summed E-state index contributed by atoms with van der Waals surface area (Å²) in [5.41, 5.74) is 1.31. The Hall–Kier alpha value is -2.02. The number of hydrogen-bond acceptors (Lipinski definition) is 2. The van der Waals surface area contributed by atoms with Crippen molar-refractivity contribution in [2.24, 2.45) is 0 Å². The molecule has 1 heterocycles. The Balaban J connectivity index is 2.29. The van der Waals surface area contributed by atoms with Crippen molar-refractivity contribution in [1.82, 2.24) is 9.55 Å². The van der Waals surface area contributed by atoms with Gasteiger partial charge in [0.2, 0.25) is 5.82 Å². The SMILES string of the molecule is COc1c(Br)ccc2nc(C(F)(F)F)n(Cc3ccccc3)c12.